The molecule has 1 heterocycles. The molecule has 0 aromatic heterocycles. The lowest BCUT2D eigenvalue weighted by atomic mass is 9.99. The Bertz CT molecular complexity index is 773. The summed E-state index contributed by atoms with van der Waals surface area (Å²) < 4.78 is 5.56. The first-order valence-electron chi connectivity index (χ1n) is 7.34. The SMILES string of the molecule is Cc1cccc(C(=O)NC2CCOc3ccccc32)c1[N+](=O)[O-]. The summed E-state index contributed by atoms with van der Waals surface area (Å²) in [5.41, 5.74) is 1.29. The van der Waals surface area contributed by atoms with Gasteiger partial charge in [-0.1, -0.05) is 30.3 Å². The summed E-state index contributed by atoms with van der Waals surface area (Å²) in [6.45, 7) is 2.12. The molecule has 3 rings (SSSR count). The number of nitrogens with zero attached hydrogens (tertiary/aromatic N) is 1. The van der Waals surface area contributed by atoms with Gasteiger partial charge in [0.05, 0.1) is 17.6 Å². The monoisotopic (exact) mass is 312 g/mol. The van der Waals surface area contributed by atoms with E-state index in [0.717, 1.165) is 11.3 Å². The molecule has 1 amide bonds. The number of hydrogen-bond acceptors (Lipinski definition) is 4. The number of carbonyl (C=O) groups excluding carboxylic acids is 1. The molecule has 1 N–H and O–H groups in total. The highest BCUT2D eigenvalue weighted by molar-refractivity contribution is 5.98. The van der Waals surface area contributed by atoms with Crippen LogP contribution in [0.4, 0.5) is 5.69 Å². The number of amides is 1. The van der Waals surface area contributed by atoms with Crippen LogP contribution in [0.15, 0.2) is 42.5 Å². The predicted molar refractivity (Wildman–Crippen MR) is 84.6 cm³/mol. The van der Waals surface area contributed by atoms with E-state index in [4.69, 9.17) is 4.74 Å². The van der Waals surface area contributed by atoms with Crippen molar-refractivity contribution in [3.63, 3.8) is 0 Å². The van der Waals surface area contributed by atoms with E-state index in [2.05, 4.69) is 5.32 Å². The number of ether oxygens (including phenoxy) is 1. The third kappa shape index (κ3) is 2.88. The summed E-state index contributed by atoms with van der Waals surface area (Å²) in [5.74, 6) is 0.296. The average molecular weight is 312 g/mol. The Labute approximate surface area is 133 Å². The van der Waals surface area contributed by atoms with E-state index in [1.54, 1.807) is 19.1 Å². The van der Waals surface area contributed by atoms with Gasteiger partial charge in [-0.25, -0.2) is 0 Å². The summed E-state index contributed by atoms with van der Waals surface area (Å²) in [6, 6.07) is 12.0. The van der Waals surface area contributed by atoms with Crippen molar-refractivity contribution in [1.82, 2.24) is 5.32 Å². The molecule has 0 bridgehead atoms. The van der Waals surface area contributed by atoms with Crippen molar-refractivity contribution in [3.8, 4) is 5.75 Å². The van der Waals surface area contributed by atoms with Crippen LogP contribution in [0.5, 0.6) is 5.75 Å². The number of aryl methyl sites for hydroxylation is 1. The van der Waals surface area contributed by atoms with Crippen molar-refractivity contribution in [3.05, 3.63) is 69.3 Å². The third-order valence-electron chi connectivity index (χ3n) is 3.93. The molecule has 1 atom stereocenters. The van der Waals surface area contributed by atoms with E-state index in [1.165, 1.54) is 6.07 Å². The first-order valence-corrected chi connectivity index (χ1v) is 7.34. The Morgan fingerprint density at radius 3 is 2.83 bits per heavy atom. The summed E-state index contributed by atoms with van der Waals surface area (Å²) in [7, 11) is 0. The first-order chi connectivity index (χ1) is 11.1. The van der Waals surface area contributed by atoms with Crippen LogP contribution in [-0.2, 0) is 0 Å². The lowest BCUT2D eigenvalue weighted by Crippen LogP contribution is -2.32. The van der Waals surface area contributed by atoms with Crippen molar-refractivity contribution in [2.75, 3.05) is 6.61 Å². The molecule has 1 unspecified atom stereocenters. The lowest BCUT2D eigenvalue weighted by molar-refractivity contribution is -0.385. The minimum Gasteiger partial charge on any atom is -0.493 e. The van der Waals surface area contributed by atoms with Gasteiger partial charge in [-0.05, 0) is 19.1 Å². The number of nitro benzene ring substituents is 1. The summed E-state index contributed by atoms with van der Waals surface area (Å²) in [6.07, 6.45) is 0.627. The smallest absolute Gasteiger partial charge is 0.285 e. The fourth-order valence-electron chi connectivity index (χ4n) is 2.81. The molecule has 1 aliphatic heterocycles. The molecule has 118 valence electrons. The zero-order valence-corrected chi connectivity index (χ0v) is 12.6. The topological polar surface area (TPSA) is 81.5 Å². The van der Waals surface area contributed by atoms with Crippen LogP contribution in [-0.4, -0.2) is 17.4 Å². The van der Waals surface area contributed by atoms with E-state index in [9.17, 15) is 14.9 Å². The second-order valence-electron chi connectivity index (χ2n) is 5.43. The molecule has 1 aliphatic rings. The Morgan fingerprint density at radius 2 is 2.04 bits per heavy atom. The number of carbonyl (C=O) groups is 1. The largest absolute Gasteiger partial charge is 0.493 e. The van der Waals surface area contributed by atoms with Gasteiger partial charge in [-0.2, -0.15) is 0 Å². The van der Waals surface area contributed by atoms with Gasteiger partial charge in [0, 0.05) is 17.5 Å². The van der Waals surface area contributed by atoms with Gasteiger partial charge < -0.3 is 10.1 Å². The van der Waals surface area contributed by atoms with Gasteiger partial charge in [0.15, 0.2) is 0 Å². The van der Waals surface area contributed by atoms with Crippen LogP contribution in [0.1, 0.15) is 33.9 Å². The number of nitro groups is 1. The van der Waals surface area contributed by atoms with Crippen LogP contribution < -0.4 is 10.1 Å². The van der Waals surface area contributed by atoms with E-state index >= 15 is 0 Å². The third-order valence-corrected chi connectivity index (χ3v) is 3.93. The normalized spacial score (nSPS) is 16.1. The Kier molecular flexibility index (Phi) is 3.97. The highest BCUT2D eigenvalue weighted by Gasteiger charge is 2.27. The van der Waals surface area contributed by atoms with Crippen LogP contribution in [0.2, 0.25) is 0 Å². The Hall–Kier alpha value is -2.89. The number of para-hydroxylation sites is 2. The van der Waals surface area contributed by atoms with E-state index < -0.39 is 10.8 Å². The molecule has 6 heteroatoms. The minimum atomic E-state index is -0.512. The molecule has 0 spiro atoms. The number of rotatable bonds is 3. The Balaban J connectivity index is 1.90. The van der Waals surface area contributed by atoms with Gasteiger partial charge >= 0.3 is 0 Å². The predicted octanol–water partition coefficient (Wildman–Crippen LogP) is 3.16. The van der Waals surface area contributed by atoms with E-state index in [0.29, 0.717) is 18.6 Å². The van der Waals surface area contributed by atoms with E-state index in [-0.39, 0.29) is 17.3 Å². The zero-order valence-electron chi connectivity index (χ0n) is 12.6. The average Bonchev–Trinajstić information content (AvgIpc) is 2.54. The molecule has 0 saturated heterocycles. The maximum Gasteiger partial charge on any atom is 0.285 e. The highest BCUT2D eigenvalue weighted by atomic mass is 16.6. The maximum absolute atomic E-state index is 12.5. The van der Waals surface area contributed by atoms with Crippen molar-refractivity contribution in [2.24, 2.45) is 0 Å². The first kappa shape index (κ1) is 15.0. The van der Waals surface area contributed by atoms with Crippen LogP contribution in [0.3, 0.4) is 0 Å². The number of hydrogen-bond donors (Lipinski definition) is 1. The number of fused-ring (bicyclic) bond motifs is 1. The molecular weight excluding hydrogens is 296 g/mol. The fourth-order valence-corrected chi connectivity index (χ4v) is 2.81. The number of benzene rings is 2. The second-order valence-corrected chi connectivity index (χ2v) is 5.43. The summed E-state index contributed by atoms with van der Waals surface area (Å²) in [5, 5.41) is 14.1. The molecule has 0 aliphatic carbocycles. The van der Waals surface area contributed by atoms with Crippen molar-refractivity contribution in [2.45, 2.75) is 19.4 Å². The van der Waals surface area contributed by atoms with Crippen molar-refractivity contribution in [1.29, 1.82) is 0 Å². The Morgan fingerprint density at radius 1 is 1.26 bits per heavy atom. The lowest BCUT2D eigenvalue weighted by Gasteiger charge is -2.26. The van der Waals surface area contributed by atoms with E-state index in [1.807, 2.05) is 24.3 Å². The van der Waals surface area contributed by atoms with Crippen molar-refractivity contribution >= 4 is 11.6 Å². The van der Waals surface area contributed by atoms with Gasteiger partial charge in [-0.3, -0.25) is 14.9 Å². The molecule has 0 fully saturated rings. The molecule has 0 saturated carbocycles. The highest BCUT2D eigenvalue weighted by Crippen LogP contribution is 2.32. The molecular formula is C17H16N2O4. The van der Waals surface area contributed by atoms with Gasteiger partial charge in [0.25, 0.3) is 11.6 Å². The molecule has 6 nitrogen and oxygen atoms in total. The standard InChI is InChI=1S/C17H16N2O4/c1-11-5-4-7-13(16(11)19(21)22)17(20)18-14-9-10-23-15-8-3-2-6-12(14)15/h2-8,14H,9-10H2,1H3,(H,18,20). The maximum atomic E-state index is 12.5. The fraction of sp³-hybridized carbons (Fsp3) is 0.235. The molecule has 2 aromatic rings. The van der Waals surface area contributed by atoms with Crippen molar-refractivity contribution < 1.29 is 14.5 Å². The second kappa shape index (κ2) is 6.08. The van der Waals surface area contributed by atoms with Gasteiger partial charge in [0.2, 0.25) is 0 Å². The van der Waals surface area contributed by atoms with Crippen LogP contribution in [0.25, 0.3) is 0 Å². The number of nitrogens with one attached hydrogen (secondary N) is 1. The van der Waals surface area contributed by atoms with Crippen LogP contribution in [0, 0.1) is 17.0 Å². The van der Waals surface area contributed by atoms with Gasteiger partial charge in [-0.15, -0.1) is 0 Å². The molecule has 2 aromatic carbocycles. The van der Waals surface area contributed by atoms with Crippen LogP contribution >= 0.6 is 0 Å². The minimum absolute atomic E-state index is 0.0824. The molecule has 23 heavy (non-hydrogen) atoms. The quantitative estimate of drug-likeness (QED) is 0.697. The summed E-state index contributed by atoms with van der Waals surface area (Å²) in [4.78, 5) is 23.3. The molecule has 0 radical (unpaired) electrons. The summed E-state index contributed by atoms with van der Waals surface area (Å²) >= 11 is 0. The van der Waals surface area contributed by atoms with Gasteiger partial charge in [0.1, 0.15) is 11.3 Å². The zero-order chi connectivity index (χ0) is 16.4.